The average Bonchev–Trinajstić information content (AvgIpc) is 3.22. The van der Waals surface area contributed by atoms with Crippen molar-refractivity contribution in [2.75, 3.05) is 11.0 Å². The van der Waals surface area contributed by atoms with Gasteiger partial charge in [0.2, 0.25) is 10.0 Å². The highest BCUT2D eigenvalue weighted by Crippen LogP contribution is 2.24. The van der Waals surface area contributed by atoms with E-state index in [1.807, 2.05) is 30.3 Å². The smallest absolute Gasteiger partial charge is 0.253 e. The van der Waals surface area contributed by atoms with Crippen LogP contribution in [0.15, 0.2) is 85.1 Å². The summed E-state index contributed by atoms with van der Waals surface area (Å²) in [5.74, 6) is -0.801. The summed E-state index contributed by atoms with van der Waals surface area (Å²) >= 11 is 0. The number of amides is 1. The van der Waals surface area contributed by atoms with Crippen LogP contribution >= 0.6 is 0 Å². The Hall–Kier alpha value is -3.98. The van der Waals surface area contributed by atoms with E-state index in [1.54, 1.807) is 35.1 Å². The molecule has 2 N–H and O–H groups in total. The number of hydrogen-bond donors (Lipinski definition) is 2. The van der Waals surface area contributed by atoms with E-state index in [1.165, 1.54) is 24.3 Å². The third-order valence-corrected chi connectivity index (χ3v) is 5.43. The predicted molar refractivity (Wildman–Crippen MR) is 125 cm³/mol. The number of rotatable bonds is 7. The van der Waals surface area contributed by atoms with E-state index in [0.29, 0.717) is 16.8 Å². The fourth-order valence-corrected chi connectivity index (χ4v) is 3.92. The third-order valence-electron chi connectivity index (χ3n) is 4.83. The molecule has 1 amide bonds. The number of aromatic nitrogens is 2. The van der Waals surface area contributed by atoms with Crippen molar-refractivity contribution in [3.63, 3.8) is 0 Å². The summed E-state index contributed by atoms with van der Waals surface area (Å²) in [7, 11) is -3.55. The summed E-state index contributed by atoms with van der Waals surface area (Å²) in [5, 5.41) is 7.47. The highest BCUT2D eigenvalue weighted by atomic mass is 32.2. The number of nitrogens with zero attached hydrogens (tertiary/aromatic N) is 2. The SMILES string of the molecule is CS(=O)(=O)Nc1ccccc1C(=O)NCc1cn(-c2ccccc2)nc1-c1ccc(F)cc1. The maximum Gasteiger partial charge on any atom is 0.253 e. The molecule has 9 heteroatoms. The topological polar surface area (TPSA) is 93.1 Å². The molecule has 0 fully saturated rings. The second-order valence-corrected chi connectivity index (χ2v) is 9.14. The van der Waals surface area contributed by atoms with Crippen molar-refractivity contribution < 1.29 is 17.6 Å². The van der Waals surface area contributed by atoms with E-state index < -0.39 is 15.9 Å². The first kappa shape index (κ1) is 22.2. The lowest BCUT2D eigenvalue weighted by molar-refractivity contribution is 0.0952. The predicted octanol–water partition coefficient (Wildman–Crippen LogP) is 3.98. The zero-order valence-electron chi connectivity index (χ0n) is 17.7. The molecule has 3 aromatic carbocycles. The molecule has 0 radical (unpaired) electrons. The van der Waals surface area contributed by atoms with Crippen molar-refractivity contribution in [1.82, 2.24) is 15.1 Å². The average molecular weight is 465 g/mol. The summed E-state index contributed by atoms with van der Waals surface area (Å²) in [4.78, 5) is 12.9. The van der Waals surface area contributed by atoms with Gasteiger partial charge in [0, 0.05) is 23.9 Å². The number of carbonyl (C=O) groups excluding carboxylic acids is 1. The molecule has 0 aliphatic heterocycles. The van der Waals surface area contributed by atoms with E-state index in [0.717, 1.165) is 11.9 Å². The van der Waals surface area contributed by atoms with Gasteiger partial charge in [-0.3, -0.25) is 9.52 Å². The molecule has 4 aromatic rings. The molecule has 33 heavy (non-hydrogen) atoms. The van der Waals surface area contributed by atoms with Crippen LogP contribution < -0.4 is 10.0 Å². The molecular formula is C24H21FN4O3S. The first-order valence-corrected chi connectivity index (χ1v) is 11.9. The van der Waals surface area contributed by atoms with Crippen molar-refractivity contribution in [2.45, 2.75) is 6.54 Å². The van der Waals surface area contributed by atoms with Gasteiger partial charge < -0.3 is 5.32 Å². The van der Waals surface area contributed by atoms with Crippen LogP contribution in [0.5, 0.6) is 0 Å². The molecule has 0 bridgehead atoms. The monoisotopic (exact) mass is 464 g/mol. The minimum atomic E-state index is -3.55. The number of nitrogens with one attached hydrogen (secondary N) is 2. The van der Waals surface area contributed by atoms with Crippen LogP contribution in [0.2, 0.25) is 0 Å². The Balaban J connectivity index is 1.63. The van der Waals surface area contributed by atoms with Crippen molar-refractivity contribution >= 4 is 21.6 Å². The quantitative estimate of drug-likeness (QED) is 0.433. The molecule has 7 nitrogen and oxygen atoms in total. The Morgan fingerprint density at radius 3 is 2.33 bits per heavy atom. The van der Waals surface area contributed by atoms with E-state index in [-0.39, 0.29) is 23.6 Å². The highest BCUT2D eigenvalue weighted by Gasteiger charge is 2.17. The number of carbonyl (C=O) groups is 1. The van der Waals surface area contributed by atoms with Gasteiger partial charge in [-0.2, -0.15) is 5.10 Å². The van der Waals surface area contributed by atoms with Gasteiger partial charge in [-0.05, 0) is 48.5 Å². The standard InChI is InChI=1S/C24H21FN4O3S/c1-33(31,32)28-22-10-6-5-9-21(22)24(30)26-15-18-16-29(20-7-3-2-4-8-20)27-23(18)17-11-13-19(25)14-12-17/h2-14,16,28H,15H2,1H3,(H,26,30). The molecular weight excluding hydrogens is 443 g/mol. The van der Waals surface area contributed by atoms with Gasteiger partial charge >= 0.3 is 0 Å². The van der Waals surface area contributed by atoms with Crippen molar-refractivity contribution in [1.29, 1.82) is 0 Å². The van der Waals surface area contributed by atoms with E-state index in [9.17, 15) is 17.6 Å². The normalized spacial score (nSPS) is 11.2. The van der Waals surface area contributed by atoms with Gasteiger partial charge in [0.05, 0.1) is 28.9 Å². The molecule has 0 saturated carbocycles. The number of sulfonamides is 1. The Bertz CT molecular complexity index is 1380. The van der Waals surface area contributed by atoms with Crippen LogP contribution in [0.1, 0.15) is 15.9 Å². The van der Waals surface area contributed by atoms with Crippen LogP contribution in [0.25, 0.3) is 16.9 Å². The number of para-hydroxylation sites is 2. The maximum atomic E-state index is 13.4. The fraction of sp³-hybridized carbons (Fsp3) is 0.0833. The minimum absolute atomic E-state index is 0.131. The summed E-state index contributed by atoms with van der Waals surface area (Å²) in [6, 6.07) is 21.8. The summed E-state index contributed by atoms with van der Waals surface area (Å²) in [6.07, 6.45) is 2.82. The van der Waals surface area contributed by atoms with Crippen molar-refractivity contribution in [3.8, 4) is 16.9 Å². The first-order chi connectivity index (χ1) is 15.8. The number of hydrogen-bond acceptors (Lipinski definition) is 4. The first-order valence-electron chi connectivity index (χ1n) is 10.0. The van der Waals surface area contributed by atoms with Crippen molar-refractivity contribution in [2.24, 2.45) is 0 Å². The maximum absolute atomic E-state index is 13.4. The van der Waals surface area contributed by atoms with Crippen LogP contribution in [0, 0.1) is 5.82 Å². The Morgan fingerprint density at radius 2 is 1.64 bits per heavy atom. The molecule has 0 atom stereocenters. The molecule has 4 rings (SSSR count). The largest absolute Gasteiger partial charge is 0.348 e. The van der Waals surface area contributed by atoms with Gasteiger partial charge in [0.1, 0.15) is 5.82 Å². The molecule has 0 saturated heterocycles. The molecule has 0 aliphatic carbocycles. The lowest BCUT2D eigenvalue weighted by Gasteiger charge is -2.11. The highest BCUT2D eigenvalue weighted by molar-refractivity contribution is 7.92. The van der Waals surface area contributed by atoms with Crippen LogP contribution in [-0.2, 0) is 16.6 Å². The van der Waals surface area contributed by atoms with Crippen LogP contribution in [0.4, 0.5) is 10.1 Å². The number of anilines is 1. The third kappa shape index (κ3) is 5.45. The van der Waals surface area contributed by atoms with E-state index in [4.69, 9.17) is 0 Å². The molecule has 1 heterocycles. The molecule has 1 aromatic heterocycles. The summed E-state index contributed by atoms with van der Waals surface area (Å²) < 4.78 is 40.8. The minimum Gasteiger partial charge on any atom is -0.348 e. The summed E-state index contributed by atoms with van der Waals surface area (Å²) in [6.45, 7) is 0.131. The summed E-state index contributed by atoms with van der Waals surface area (Å²) in [5.41, 5.74) is 3.24. The van der Waals surface area contributed by atoms with Crippen LogP contribution in [-0.4, -0.2) is 30.4 Å². The molecule has 168 valence electrons. The zero-order valence-corrected chi connectivity index (χ0v) is 18.5. The van der Waals surface area contributed by atoms with Gasteiger partial charge in [-0.15, -0.1) is 0 Å². The van der Waals surface area contributed by atoms with Crippen LogP contribution in [0.3, 0.4) is 0 Å². The Kier molecular flexibility index (Phi) is 6.23. The Morgan fingerprint density at radius 1 is 0.970 bits per heavy atom. The van der Waals surface area contributed by atoms with E-state index >= 15 is 0 Å². The molecule has 0 spiro atoms. The number of benzene rings is 3. The lowest BCUT2D eigenvalue weighted by atomic mass is 10.1. The second kappa shape index (κ2) is 9.25. The van der Waals surface area contributed by atoms with Gasteiger partial charge in [-0.25, -0.2) is 17.5 Å². The zero-order chi connectivity index (χ0) is 23.4. The van der Waals surface area contributed by atoms with Gasteiger partial charge in [-0.1, -0.05) is 30.3 Å². The van der Waals surface area contributed by atoms with E-state index in [2.05, 4.69) is 15.1 Å². The second-order valence-electron chi connectivity index (χ2n) is 7.39. The lowest BCUT2D eigenvalue weighted by Crippen LogP contribution is -2.24. The molecule has 0 aliphatic rings. The fourth-order valence-electron chi connectivity index (χ4n) is 3.34. The van der Waals surface area contributed by atoms with Gasteiger partial charge in [0.15, 0.2) is 0 Å². The Labute approximate surface area is 190 Å². The molecule has 0 unspecified atom stereocenters. The van der Waals surface area contributed by atoms with Crippen molar-refractivity contribution in [3.05, 3.63) is 102 Å². The van der Waals surface area contributed by atoms with Gasteiger partial charge in [0.25, 0.3) is 5.91 Å². The number of halogens is 1.